The zero-order chi connectivity index (χ0) is 14.8. The molecule has 2 aromatic rings. The van der Waals surface area contributed by atoms with E-state index < -0.39 is 17.4 Å². The van der Waals surface area contributed by atoms with Gasteiger partial charge in [-0.25, -0.2) is 9.67 Å². The fraction of sp³-hybridized carbons (Fsp3) is 0.364. The molecule has 0 saturated carbocycles. The number of thiazole rings is 1. The standard InChI is InChI=1S/C11H13N5O3S/c1-11(2,10-12-3-4-20-10)13-9(19)7-5-16(15-14-7)6-8(17)18/h3-5H,6H2,1-2H3,(H,13,19)(H,17,18). The average Bonchev–Trinajstić information content (AvgIpc) is 2.97. The number of carboxylic acid groups (broad SMARTS) is 1. The molecule has 9 heteroatoms. The lowest BCUT2D eigenvalue weighted by molar-refractivity contribution is -0.137. The second kappa shape index (κ2) is 5.37. The van der Waals surface area contributed by atoms with Gasteiger partial charge in [-0.3, -0.25) is 9.59 Å². The summed E-state index contributed by atoms with van der Waals surface area (Å²) in [4.78, 5) is 26.8. The van der Waals surface area contributed by atoms with E-state index in [0.29, 0.717) is 0 Å². The highest BCUT2D eigenvalue weighted by atomic mass is 32.1. The van der Waals surface area contributed by atoms with Gasteiger partial charge in [0.25, 0.3) is 5.91 Å². The Balaban J connectivity index is 2.08. The molecule has 0 aliphatic carbocycles. The molecule has 1 amide bonds. The van der Waals surface area contributed by atoms with Crippen molar-refractivity contribution in [3.05, 3.63) is 28.5 Å². The van der Waals surface area contributed by atoms with Crippen molar-refractivity contribution >= 4 is 23.2 Å². The smallest absolute Gasteiger partial charge is 0.325 e. The van der Waals surface area contributed by atoms with Crippen molar-refractivity contribution in [2.45, 2.75) is 25.9 Å². The summed E-state index contributed by atoms with van der Waals surface area (Å²) in [5.41, 5.74) is -0.571. The third kappa shape index (κ3) is 3.18. The molecular formula is C11H13N5O3S. The summed E-state index contributed by atoms with van der Waals surface area (Å²) in [6, 6.07) is 0. The Bertz CT molecular complexity index is 620. The van der Waals surface area contributed by atoms with Crippen LogP contribution in [0.2, 0.25) is 0 Å². The molecule has 0 spiro atoms. The van der Waals surface area contributed by atoms with Crippen LogP contribution in [0.3, 0.4) is 0 Å². The van der Waals surface area contributed by atoms with E-state index in [0.717, 1.165) is 9.69 Å². The number of carbonyl (C=O) groups is 2. The van der Waals surface area contributed by atoms with Gasteiger partial charge in [-0.15, -0.1) is 16.4 Å². The molecule has 2 N–H and O–H groups in total. The van der Waals surface area contributed by atoms with Gasteiger partial charge in [0.05, 0.1) is 11.7 Å². The van der Waals surface area contributed by atoms with Crippen LogP contribution in [0.5, 0.6) is 0 Å². The molecule has 106 valence electrons. The predicted molar refractivity (Wildman–Crippen MR) is 70.3 cm³/mol. The fourth-order valence-electron chi connectivity index (χ4n) is 1.55. The molecule has 0 aromatic carbocycles. The van der Waals surface area contributed by atoms with Crippen molar-refractivity contribution in [3.8, 4) is 0 Å². The van der Waals surface area contributed by atoms with E-state index in [-0.39, 0.29) is 12.2 Å². The lowest BCUT2D eigenvalue weighted by atomic mass is 10.1. The zero-order valence-corrected chi connectivity index (χ0v) is 11.7. The molecule has 0 radical (unpaired) electrons. The topological polar surface area (TPSA) is 110 Å². The van der Waals surface area contributed by atoms with E-state index in [9.17, 15) is 9.59 Å². The second-order valence-corrected chi connectivity index (χ2v) is 5.51. The van der Waals surface area contributed by atoms with E-state index in [2.05, 4.69) is 20.6 Å². The third-order valence-electron chi connectivity index (χ3n) is 2.46. The summed E-state index contributed by atoms with van der Waals surface area (Å²) in [5.74, 6) is -1.48. The number of amides is 1. The summed E-state index contributed by atoms with van der Waals surface area (Å²) >= 11 is 1.44. The molecular weight excluding hydrogens is 282 g/mol. The summed E-state index contributed by atoms with van der Waals surface area (Å²) < 4.78 is 1.09. The van der Waals surface area contributed by atoms with Gasteiger partial charge >= 0.3 is 5.97 Å². The maximum atomic E-state index is 12.1. The summed E-state index contributed by atoms with van der Waals surface area (Å²) in [6.45, 7) is 3.31. The normalized spacial score (nSPS) is 11.3. The third-order valence-corrected chi connectivity index (χ3v) is 3.56. The predicted octanol–water partition coefficient (Wildman–Crippen LogP) is 0.484. The van der Waals surface area contributed by atoms with E-state index >= 15 is 0 Å². The summed E-state index contributed by atoms with van der Waals surface area (Å²) in [6.07, 6.45) is 2.96. The van der Waals surface area contributed by atoms with E-state index in [1.807, 2.05) is 19.2 Å². The van der Waals surface area contributed by atoms with Crippen molar-refractivity contribution < 1.29 is 14.7 Å². The van der Waals surface area contributed by atoms with Crippen LogP contribution in [0.15, 0.2) is 17.8 Å². The molecule has 8 nitrogen and oxygen atoms in total. The SMILES string of the molecule is CC(C)(NC(=O)c1cn(CC(=O)O)nn1)c1nccs1. The van der Waals surface area contributed by atoms with Crippen LogP contribution in [-0.4, -0.2) is 37.0 Å². The van der Waals surface area contributed by atoms with Crippen LogP contribution in [0.1, 0.15) is 29.3 Å². The number of nitrogens with one attached hydrogen (secondary N) is 1. The number of rotatable bonds is 5. The Kier molecular flexibility index (Phi) is 3.79. The fourth-order valence-corrected chi connectivity index (χ4v) is 2.27. The second-order valence-electron chi connectivity index (χ2n) is 4.61. The Morgan fingerprint density at radius 3 is 2.85 bits per heavy atom. The Morgan fingerprint density at radius 1 is 1.50 bits per heavy atom. The lowest BCUT2D eigenvalue weighted by Gasteiger charge is -2.22. The number of carbonyl (C=O) groups excluding carboxylic acids is 1. The minimum Gasteiger partial charge on any atom is -0.480 e. The minimum absolute atomic E-state index is 0.0656. The van der Waals surface area contributed by atoms with E-state index in [4.69, 9.17) is 5.11 Å². The first-order chi connectivity index (χ1) is 9.38. The van der Waals surface area contributed by atoms with Gasteiger partial charge in [-0.05, 0) is 13.8 Å². The van der Waals surface area contributed by atoms with Crippen molar-refractivity contribution in [1.29, 1.82) is 0 Å². The number of aliphatic carboxylic acids is 1. The van der Waals surface area contributed by atoms with Crippen LogP contribution in [0, 0.1) is 0 Å². The highest BCUT2D eigenvalue weighted by Gasteiger charge is 2.27. The van der Waals surface area contributed by atoms with Crippen LogP contribution in [0.25, 0.3) is 0 Å². The van der Waals surface area contributed by atoms with Gasteiger partial charge in [0.1, 0.15) is 11.6 Å². The molecule has 2 rings (SSSR count). The Labute approximate surface area is 118 Å². The van der Waals surface area contributed by atoms with E-state index in [1.54, 1.807) is 6.20 Å². The van der Waals surface area contributed by atoms with Gasteiger partial charge in [0.15, 0.2) is 5.69 Å². The van der Waals surface area contributed by atoms with Gasteiger partial charge in [0, 0.05) is 11.6 Å². The van der Waals surface area contributed by atoms with Crippen molar-refractivity contribution in [3.63, 3.8) is 0 Å². The molecule has 0 fully saturated rings. The maximum absolute atomic E-state index is 12.1. The number of hydrogen-bond donors (Lipinski definition) is 2. The van der Waals surface area contributed by atoms with Crippen LogP contribution < -0.4 is 5.32 Å². The van der Waals surface area contributed by atoms with E-state index in [1.165, 1.54) is 17.5 Å². The number of hydrogen-bond acceptors (Lipinski definition) is 6. The first-order valence-corrected chi connectivity index (χ1v) is 6.61. The zero-order valence-electron chi connectivity index (χ0n) is 10.9. The Morgan fingerprint density at radius 2 is 2.25 bits per heavy atom. The van der Waals surface area contributed by atoms with Crippen LogP contribution >= 0.6 is 11.3 Å². The molecule has 0 bridgehead atoms. The molecule has 0 aliphatic heterocycles. The minimum atomic E-state index is -1.05. The first-order valence-electron chi connectivity index (χ1n) is 5.73. The maximum Gasteiger partial charge on any atom is 0.325 e. The highest BCUT2D eigenvalue weighted by molar-refractivity contribution is 7.09. The molecule has 0 aliphatic rings. The highest BCUT2D eigenvalue weighted by Crippen LogP contribution is 2.22. The van der Waals surface area contributed by atoms with Crippen LogP contribution in [0.4, 0.5) is 0 Å². The van der Waals surface area contributed by atoms with Gasteiger partial charge in [0.2, 0.25) is 0 Å². The monoisotopic (exact) mass is 295 g/mol. The molecule has 0 atom stereocenters. The first kappa shape index (κ1) is 14.1. The van der Waals surface area contributed by atoms with Gasteiger partial charge in [-0.1, -0.05) is 5.21 Å². The van der Waals surface area contributed by atoms with Crippen molar-refractivity contribution in [2.24, 2.45) is 0 Å². The number of nitrogens with zero attached hydrogens (tertiary/aromatic N) is 4. The summed E-state index contributed by atoms with van der Waals surface area (Å²) in [7, 11) is 0. The van der Waals surface area contributed by atoms with Gasteiger partial charge < -0.3 is 10.4 Å². The van der Waals surface area contributed by atoms with Crippen molar-refractivity contribution in [2.75, 3.05) is 0 Å². The lowest BCUT2D eigenvalue weighted by Crippen LogP contribution is -2.41. The molecule has 20 heavy (non-hydrogen) atoms. The molecule has 2 heterocycles. The number of carboxylic acids is 1. The average molecular weight is 295 g/mol. The summed E-state index contributed by atoms with van der Waals surface area (Å²) in [5, 5.41) is 21.2. The quantitative estimate of drug-likeness (QED) is 0.830. The van der Waals surface area contributed by atoms with Crippen molar-refractivity contribution in [1.82, 2.24) is 25.3 Å². The van der Waals surface area contributed by atoms with Crippen LogP contribution in [-0.2, 0) is 16.9 Å². The Hall–Kier alpha value is -2.29. The number of aromatic nitrogens is 4. The molecule has 0 saturated heterocycles. The van der Waals surface area contributed by atoms with Gasteiger partial charge in [-0.2, -0.15) is 0 Å². The molecule has 2 aromatic heterocycles. The largest absolute Gasteiger partial charge is 0.480 e. The molecule has 0 unspecified atom stereocenters.